The lowest BCUT2D eigenvalue weighted by molar-refractivity contribution is 0.0346. The molecule has 0 bridgehead atoms. The number of carbonyl (C=O) groups excluding carboxylic acids is 2. The number of aromatic nitrogens is 2. The molecule has 6 rings (SSSR count). The molecule has 1 aliphatic heterocycles. The first-order valence-corrected chi connectivity index (χ1v) is 19.6. The van der Waals surface area contributed by atoms with Crippen molar-refractivity contribution in [3.8, 4) is 0 Å². The zero-order chi connectivity index (χ0) is 37.4. The minimum Gasteiger partial charge on any atom is -0.461 e. The van der Waals surface area contributed by atoms with Gasteiger partial charge in [-0.3, -0.25) is 9.62 Å². The maximum atomic E-state index is 13.8. The number of benzene rings is 3. The third-order valence-corrected chi connectivity index (χ3v) is 10.0. The summed E-state index contributed by atoms with van der Waals surface area (Å²) in [5.41, 5.74) is 2.61. The Hall–Kier alpha value is -4.98. The van der Waals surface area contributed by atoms with E-state index in [1.807, 2.05) is 48.5 Å². The molecule has 13 heteroatoms. The number of nitrogens with one attached hydrogen (secondary N) is 2. The van der Waals surface area contributed by atoms with Crippen LogP contribution in [0.1, 0.15) is 60.9 Å². The Bertz CT molecular complexity index is 2160. The van der Waals surface area contributed by atoms with Crippen LogP contribution in [-0.2, 0) is 43.1 Å². The van der Waals surface area contributed by atoms with E-state index in [2.05, 4.69) is 14.9 Å². The Morgan fingerprint density at radius 2 is 1.66 bits per heavy atom. The first-order chi connectivity index (χ1) is 25.4. The molecule has 2 N–H and O–H groups in total. The van der Waals surface area contributed by atoms with Gasteiger partial charge in [0.1, 0.15) is 16.9 Å². The topological polar surface area (TPSA) is 141 Å². The molecule has 3 heterocycles. The van der Waals surface area contributed by atoms with Crippen LogP contribution in [0.25, 0.3) is 21.8 Å². The Labute approximate surface area is 310 Å². The minimum atomic E-state index is -3.74. The lowest BCUT2D eigenvalue weighted by Crippen LogP contribution is -2.36. The van der Waals surface area contributed by atoms with Crippen molar-refractivity contribution in [3.63, 3.8) is 0 Å². The van der Waals surface area contributed by atoms with Crippen LogP contribution in [0.2, 0.25) is 0 Å². The van der Waals surface area contributed by atoms with Gasteiger partial charge in [0.25, 0.3) is 0 Å². The van der Waals surface area contributed by atoms with Crippen LogP contribution in [0.15, 0.2) is 84.9 Å². The van der Waals surface area contributed by atoms with Gasteiger partial charge in [0, 0.05) is 24.2 Å². The lowest BCUT2D eigenvalue weighted by Gasteiger charge is -2.26. The van der Waals surface area contributed by atoms with Crippen LogP contribution < -0.4 is 10.0 Å². The van der Waals surface area contributed by atoms with Crippen molar-refractivity contribution in [2.45, 2.75) is 58.1 Å². The van der Waals surface area contributed by atoms with Gasteiger partial charge in [-0.15, -0.1) is 0 Å². The van der Waals surface area contributed by atoms with E-state index >= 15 is 0 Å². The minimum absolute atomic E-state index is 0.112. The van der Waals surface area contributed by atoms with Gasteiger partial charge >= 0.3 is 12.1 Å². The quantitative estimate of drug-likeness (QED) is 0.0968. The highest BCUT2D eigenvalue weighted by Gasteiger charge is 2.22. The molecular formula is C40H47N5O7S. The fourth-order valence-corrected chi connectivity index (χ4v) is 7.51. The highest BCUT2D eigenvalue weighted by Crippen LogP contribution is 2.29. The molecule has 3 aromatic carbocycles. The van der Waals surface area contributed by atoms with Crippen LogP contribution in [0.4, 0.5) is 10.5 Å². The van der Waals surface area contributed by atoms with Gasteiger partial charge in [0.15, 0.2) is 0 Å². The van der Waals surface area contributed by atoms with Crippen molar-refractivity contribution in [2.75, 3.05) is 44.2 Å². The number of unbranched alkanes of at least 4 members (excludes halogenated alkanes) is 1. The van der Waals surface area contributed by atoms with Crippen molar-refractivity contribution in [2.24, 2.45) is 0 Å². The van der Waals surface area contributed by atoms with Crippen LogP contribution in [0.3, 0.4) is 0 Å². The van der Waals surface area contributed by atoms with E-state index in [4.69, 9.17) is 19.2 Å². The number of nitrogens with zero attached hydrogens (tertiary/aromatic N) is 3. The molecule has 0 unspecified atom stereocenters. The van der Waals surface area contributed by atoms with E-state index in [-0.39, 0.29) is 25.4 Å². The molecule has 280 valence electrons. The first-order valence-electron chi connectivity index (χ1n) is 17.9. The van der Waals surface area contributed by atoms with Crippen LogP contribution in [-0.4, -0.2) is 80.0 Å². The molecule has 1 saturated heterocycles. The second-order valence-corrected chi connectivity index (χ2v) is 15.9. The first kappa shape index (κ1) is 37.8. The average Bonchev–Trinajstić information content (AvgIpc) is 3.47. The number of alkyl carbamates (subject to hydrolysis) is 1. The number of esters is 1. The number of pyridine rings is 1. The van der Waals surface area contributed by atoms with Gasteiger partial charge in [0.05, 0.1) is 44.4 Å². The smallest absolute Gasteiger partial charge is 0.407 e. The number of hydrogen-bond acceptors (Lipinski definition) is 9. The molecule has 0 spiro atoms. The molecule has 0 atom stereocenters. The van der Waals surface area contributed by atoms with E-state index in [0.717, 1.165) is 62.0 Å². The largest absolute Gasteiger partial charge is 0.461 e. The van der Waals surface area contributed by atoms with Crippen molar-refractivity contribution in [1.29, 1.82) is 0 Å². The number of ether oxygens (including phenoxy) is 3. The van der Waals surface area contributed by atoms with Gasteiger partial charge in [-0.05, 0) is 92.4 Å². The van der Waals surface area contributed by atoms with E-state index in [1.54, 1.807) is 61.7 Å². The second-order valence-electron chi connectivity index (χ2n) is 14.2. The molecule has 1 aliphatic rings. The predicted octanol–water partition coefficient (Wildman–Crippen LogP) is 6.47. The molecule has 5 aromatic rings. The number of anilines is 1. The van der Waals surface area contributed by atoms with Crippen LogP contribution in [0, 0.1) is 0 Å². The number of sulfonamides is 1. The summed E-state index contributed by atoms with van der Waals surface area (Å²) in [6, 6.07) is 25.7. The van der Waals surface area contributed by atoms with E-state index in [9.17, 15) is 18.0 Å². The monoisotopic (exact) mass is 741 g/mol. The highest BCUT2D eigenvalue weighted by atomic mass is 32.2. The summed E-state index contributed by atoms with van der Waals surface area (Å²) in [4.78, 5) is 33.4. The van der Waals surface area contributed by atoms with Gasteiger partial charge in [-0.1, -0.05) is 54.6 Å². The molecule has 12 nitrogen and oxygen atoms in total. The Balaban J connectivity index is 1.29. The summed E-state index contributed by atoms with van der Waals surface area (Å²) in [5, 5.41) is 5.20. The maximum Gasteiger partial charge on any atom is 0.407 e. The third kappa shape index (κ3) is 10.6. The zero-order valence-electron chi connectivity index (χ0n) is 30.5. The summed E-state index contributed by atoms with van der Waals surface area (Å²) >= 11 is 0. The molecule has 0 saturated carbocycles. The lowest BCUT2D eigenvalue weighted by atomic mass is 10.0. The van der Waals surface area contributed by atoms with Gasteiger partial charge in [-0.2, -0.15) is 0 Å². The fourth-order valence-electron chi connectivity index (χ4n) is 6.33. The van der Waals surface area contributed by atoms with E-state index in [0.29, 0.717) is 33.7 Å². The molecule has 1 amide bonds. The van der Waals surface area contributed by atoms with Gasteiger partial charge < -0.3 is 24.1 Å². The molecule has 1 fully saturated rings. The third-order valence-electron chi connectivity index (χ3n) is 8.78. The van der Waals surface area contributed by atoms with Gasteiger partial charge in [0.2, 0.25) is 10.0 Å². The molecule has 2 aromatic heterocycles. The highest BCUT2D eigenvalue weighted by molar-refractivity contribution is 7.91. The number of carbonyl (C=O) groups is 2. The maximum absolute atomic E-state index is 13.8. The normalized spacial score (nSPS) is 13.9. The zero-order valence-corrected chi connectivity index (χ0v) is 31.3. The summed E-state index contributed by atoms with van der Waals surface area (Å²) in [7, 11) is -3.74. The molecular weight excluding hydrogens is 695 g/mol. The van der Waals surface area contributed by atoms with E-state index < -0.39 is 27.7 Å². The van der Waals surface area contributed by atoms with Crippen LogP contribution >= 0.6 is 0 Å². The number of rotatable bonds is 14. The molecule has 0 aliphatic carbocycles. The summed E-state index contributed by atoms with van der Waals surface area (Å²) in [6.07, 6.45) is 1.05. The number of hydrogen-bond donors (Lipinski definition) is 2. The fraction of sp³-hybridized carbons (Fsp3) is 0.375. The molecule has 53 heavy (non-hydrogen) atoms. The van der Waals surface area contributed by atoms with Crippen molar-refractivity contribution < 1.29 is 32.2 Å². The van der Waals surface area contributed by atoms with Crippen molar-refractivity contribution >= 4 is 49.6 Å². The van der Waals surface area contributed by atoms with Crippen LogP contribution in [0.5, 0.6) is 0 Å². The van der Waals surface area contributed by atoms with E-state index in [1.165, 1.54) is 0 Å². The second kappa shape index (κ2) is 16.8. The Morgan fingerprint density at radius 3 is 2.43 bits per heavy atom. The standard InChI is InChI=1S/C40H47N5O7S/c1-40(2,3)52-39(47)41-26-33-16-15-31-25-36(38(46)51-20-10-9-17-44-18-21-50-22-19-44)45(37(31)42-33)27-32-24-34(23-30-13-7-8-14-35(30)32)43-53(48,49)28-29-11-5-4-6-12-29/h4-8,11-16,23-25,43H,9-10,17-22,26-28H2,1-3H3,(H,41,47). The average molecular weight is 742 g/mol. The van der Waals surface area contributed by atoms with Gasteiger partial charge in [-0.25, -0.2) is 23.0 Å². The number of morpholine rings is 1. The predicted molar refractivity (Wildman–Crippen MR) is 205 cm³/mol. The number of fused-ring (bicyclic) bond motifs is 2. The van der Waals surface area contributed by atoms with Crippen molar-refractivity contribution in [1.82, 2.24) is 19.8 Å². The molecule has 0 radical (unpaired) electrons. The summed E-state index contributed by atoms with van der Waals surface area (Å²) < 4.78 is 47.8. The van der Waals surface area contributed by atoms with Crippen molar-refractivity contribution in [3.05, 3.63) is 107 Å². The number of amides is 1. The summed E-state index contributed by atoms with van der Waals surface area (Å²) in [6.45, 7) is 10.2. The Kier molecular flexibility index (Phi) is 12.0. The SMILES string of the molecule is CC(C)(C)OC(=O)NCc1ccc2cc(C(=O)OCCCCN3CCOCC3)n(Cc3cc(NS(=O)(=O)Cc4ccccc4)cc4ccccc34)c2n1. The Morgan fingerprint density at radius 1 is 0.906 bits per heavy atom. The summed E-state index contributed by atoms with van der Waals surface area (Å²) in [5.74, 6) is -0.656.